The summed E-state index contributed by atoms with van der Waals surface area (Å²) in [6.45, 7) is 1.49. The topological polar surface area (TPSA) is 64.7 Å². The summed E-state index contributed by atoms with van der Waals surface area (Å²) in [7, 11) is 7.80. The highest BCUT2D eigenvalue weighted by molar-refractivity contribution is 6.06. The van der Waals surface area contributed by atoms with Crippen molar-refractivity contribution in [3.05, 3.63) is 83.9 Å². The maximum absolute atomic E-state index is 12.8. The Morgan fingerprint density at radius 3 is 2.09 bits per heavy atom. The number of hydrogen-bond donors (Lipinski definition) is 2. The normalized spacial score (nSPS) is 10.7. The first-order chi connectivity index (χ1) is 15.8. The molecule has 3 rings (SSSR count). The van der Waals surface area contributed by atoms with Gasteiger partial charge in [0.25, 0.3) is 11.8 Å². The van der Waals surface area contributed by atoms with E-state index < -0.39 is 0 Å². The molecule has 0 heterocycles. The van der Waals surface area contributed by atoms with E-state index in [2.05, 4.69) is 15.5 Å². The third-order valence-corrected chi connectivity index (χ3v) is 5.30. The number of benzene rings is 3. The van der Waals surface area contributed by atoms with Crippen molar-refractivity contribution in [2.75, 3.05) is 51.5 Å². The van der Waals surface area contributed by atoms with Gasteiger partial charge in [0.2, 0.25) is 0 Å². The molecule has 0 saturated carbocycles. The summed E-state index contributed by atoms with van der Waals surface area (Å²) in [5.41, 5.74) is 4.62. The van der Waals surface area contributed by atoms with Crippen LogP contribution in [0.15, 0.2) is 72.8 Å². The molecule has 33 heavy (non-hydrogen) atoms. The van der Waals surface area contributed by atoms with Gasteiger partial charge in [-0.1, -0.05) is 42.5 Å². The first kappa shape index (κ1) is 24.0. The Bertz CT molecular complexity index is 1080. The third kappa shape index (κ3) is 6.67. The third-order valence-electron chi connectivity index (χ3n) is 5.30. The van der Waals surface area contributed by atoms with Gasteiger partial charge >= 0.3 is 0 Å². The summed E-state index contributed by atoms with van der Waals surface area (Å²) in [5.74, 6) is -0.370. The van der Waals surface area contributed by atoms with Gasteiger partial charge in [0.15, 0.2) is 0 Å². The van der Waals surface area contributed by atoms with Gasteiger partial charge < -0.3 is 20.4 Å². The van der Waals surface area contributed by atoms with Crippen LogP contribution in [0.25, 0.3) is 11.1 Å². The van der Waals surface area contributed by atoms with Crippen molar-refractivity contribution >= 4 is 23.2 Å². The molecule has 0 aromatic heterocycles. The Hall–Kier alpha value is -3.64. The van der Waals surface area contributed by atoms with Gasteiger partial charge in [-0.15, -0.1) is 0 Å². The monoisotopic (exact) mass is 444 g/mol. The van der Waals surface area contributed by atoms with E-state index in [0.29, 0.717) is 23.4 Å². The number of nitrogens with zero attached hydrogens (tertiary/aromatic N) is 2. The minimum Gasteiger partial charge on any atom is -0.377 e. The van der Waals surface area contributed by atoms with E-state index in [-0.39, 0.29) is 11.8 Å². The standard InChI is InChI=1S/C27H32N4O2/c1-30(2)18-8-17-28-27(33)24-19-23(15-16-25(24)31(3)4)29-26(32)22-13-11-21(12-14-22)20-9-6-5-7-10-20/h5-7,9-16,19H,8,17-18H2,1-4H3,(H,28,33)(H,29,32). The maximum atomic E-state index is 12.8. The molecular weight excluding hydrogens is 412 g/mol. The molecule has 0 aliphatic carbocycles. The molecule has 2 N–H and O–H groups in total. The highest BCUT2D eigenvalue weighted by Gasteiger charge is 2.15. The van der Waals surface area contributed by atoms with Crippen LogP contribution in [0.4, 0.5) is 11.4 Å². The molecule has 172 valence electrons. The minimum absolute atomic E-state index is 0.152. The number of nitrogens with one attached hydrogen (secondary N) is 2. The fourth-order valence-corrected chi connectivity index (χ4v) is 3.53. The van der Waals surface area contributed by atoms with Crippen LogP contribution in [0.3, 0.4) is 0 Å². The van der Waals surface area contributed by atoms with Crippen LogP contribution in [-0.2, 0) is 0 Å². The van der Waals surface area contributed by atoms with E-state index in [0.717, 1.165) is 29.8 Å². The maximum Gasteiger partial charge on any atom is 0.255 e. The smallest absolute Gasteiger partial charge is 0.255 e. The Balaban J connectivity index is 1.71. The van der Waals surface area contributed by atoms with E-state index in [1.807, 2.05) is 99.8 Å². The lowest BCUT2D eigenvalue weighted by Gasteiger charge is -2.19. The second-order valence-electron chi connectivity index (χ2n) is 8.44. The average molecular weight is 445 g/mol. The SMILES string of the molecule is CN(C)CCCNC(=O)c1cc(NC(=O)c2ccc(-c3ccccc3)cc2)ccc1N(C)C. The molecule has 0 radical (unpaired) electrons. The van der Waals surface area contributed by atoms with Crippen molar-refractivity contribution in [3.8, 4) is 11.1 Å². The molecule has 0 aliphatic heterocycles. The zero-order valence-corrected chi connectivity index (χ0v) is 19.8. The largest absolute Gasteiger partial charge is 0.377 e. The van der Waals surface area contributed by atoms with Gasteiger partial charge in [-0.3, -0.25) is 9.59 Å². The Morgan fingerprint density at radius 1 is 0.788 bits per heavy atom. The van der Waals surface area contributed by atoms with Crippen LogP contribution in [0.2, 0.25) is 0 Å². The molecule has 0 atom stereocenters. The summed E-state index contributed by atoms with van der Waals surface area (Å²) in [4.78, 5) is 29.6. The van der Waals surface area contributed by atoms with Crippen molar-refractivity contribution in [2.24, 2.45) is 0 Å². The average Bonchev–Trinajstić information content (AvgIpc) is 2.82. The summed E-state index contributed by atoms with van der Waals surface area (Å²) in [6, 6.07) is 22.9. The molecule has 6 heteroatoms. The van der Waals surface area contributed by atoms with Crippen LogP contribution < -0.4 is 15.5 Å². The predicted molar refractivity (Wildman–Crippen MR) is 136 cm³/mol. The Kier molecular flexibility index (Phi) is 8.22. The number of anilines is 2. The van der Waals surface area contributed by atoms with Gasteiger partial charge in [0.1, 0.15) is 0 Å². The number of amides is 2. The number of hydrogen-bond acceptors (Lipinski definition) is 4. The second-order valence-corrected chi connectivity index (χ2v) is 8.44. The molecule has 3 aromatic carbocycles. The van der Waals surface area contributed by atoms with Gasteiger partial charge in [0, 0.05) is 37.6 Å². The molecule has 0 aliphatic rings. The second kappa shape index (κ2) is 11.3. The van der Waals surface area contributed by atoms with E-state index in [1.165, 1.54) is 0 Å². The summed E-state index contributed by atoms with van der Waals surface area (Å²) >= 11 is 0. The Morgan fingerprint density at radius 2 is 1.45 bits per heavy atom. The summed E-state index contributed by atoms with van der Waals surface area (Å²) in [5, 5.41) is 5.90. The van der Waals surface area contributed by atoms with Gasteiger partial charge in [-0.25, -0.2) is 0 Å². The highest BCUT2D eigenvalue weighted by atomic mass is 16.2. The van der Waals surface area contributed by atoms with E-state index >= 15 is 0 Å². The van der Waals surface area contributed by atoms with Gasteiger partial charge in [-0.2, -0.15) is 0 Å². The van der Waals surface area contributed by atoms with Crippen LogP contribution >= 0.6 is 0 Å². The number of carbonyl (C=O) groups is 2. The quantitative estimate of drug-likeness (QED) is 0.482. The molecule has 2 amide bonds. The van der Waals surface area contributed by atoms with Crippen LogP contribution in [0.1, 0.15) is 27.1 Å². The number of rotatable bonds is 9. The first-order valence-corrected chi connectivity index (χ1v) is 11.1. The molecular formula is C27H32N4O2. The molecule has 0 fully saturated rings. The summed E-state index contributed by atoms with van der Waals surface area (Å²) < 4.78 is 0. The molecule has 0 unspecified atom stereocenters. The van der Waals surface area contributed by atoms with Gasteiger partial charge in [0.05, 0.1) is 5.56 Å². The van der Waals surface area contributed by atoms with Crippen molar-refractivity contribution in [1.82, 2.24) is 10.2 Å². The number of carbonyl (C=O) groups excluding carboxylic acids is 2. The van der Waals surface area contributed by atoms with Crippen LogP contribution in [0.5, 0.6) is 0 Å². The van der Waals surface area contributed by atoms with Crippen molar-refractivity contribution in [1.29, 1.82) is 0 Å². The van der Waals surface area contributed by atoms with Crippen molar-refractivity contribution < 1.29 is 9.59 Å². The molecule has 0 bridgehead atoms. The van der Waals surface area contributed by atoms with E-state index in [9.17, 15) is 9.59 Å². The Labute approximate surface area is 196 Å². The lowest BCUT2D eigenvalue weighted by atomic mass is 10.0. The van der Waals surface area contributed by atoms with Crippen LogP contribution in [0, 0.1) is 0 Å². The van der Waals surface area contributed by atoms with E-state index in [4.69, 9.17) is 0 Å². The lowest BCUT2D eigenvalue weighted by Crippen LogP contribution is -2.28. The van der Waals surface area contributed by atoms with E-state index in [1.54, 1.807) is 6.07 Å². The van der Waals surface area contributed by atoms with Crippen LogP contribution in [-0.4, -0.2) is 58.0 Å². The van der Waals surface area contributed by atoms with Gasteiger partial charge in [-0.05, 0) is 68.5 Å². The molecule has 3 aromatic rings. The fourth-order valence-electron chi connectivity index (χ4n) is 3.53. The lowest BCUT2D eigenvalue weighted by molar-refractivity contribution is 0.0951. The van der Waals surface area contributed by atoms with Crippen molar-refractivity contribution in [2.45, 2.75) is 6.42 Å². The molecule has 6 nitrogen and oxygen atoms in total. The van der Waals surface area contributed by atoms with Crippen molar-refractivity contribution in [3.63, 3.8) is 0 Å². The fraction of sp³-hybridized carbons (Fsp3) is 0.259. The first-order valence-electron chi connectivity index (χ1n) is 11.1. The minimum atomic E-state index is -0.218. The summed E-state index contributed by atoms with van der Waals surface area (Å²) in [6.07, 6.45) is 0.867. The zero-order valence-electron chi connectivity index (χ0n) is 19.8. The molecule has 0 spiro atoms. The predicted octanol–water partition coefficient (Wildman–Crippen LogP) is 4.35. The zero-order chi connectivity index (χ0) is 23.8. The molecule has 0 saturated heterocycles. The highest BCUT2D eigenvalue weighted by Crippen LogP contribution is 2.24.